The lowest BCUT2D eigenvalue weighted by atomic mass is 10.1. The SMILES string of the molecule is COC(=O)c1ccc(N2CC(O)=C(c3nc(-c4ccc(C)cc4)c(C)s3)C2=N)cc1. The fourth-order valence-electron chi connectivity index (χ4n) is 3.40. The van der Waals surface area contributed by atoms with Crippen LogP contribution in [0.2, 0.25) is 0 Å². The summed E-state index contributed by atoms with van der Waals surface area (Å²) in [5.74, 6) is -0.120. The quantitative estimate of drug-likeness (QED) is 0.583. The number of hydrogen-bond acceptors (Lipinski definition) is 6. The number of thiazole rings is 1. The van der Waals surface area contributed by atoms with Crippen molar-refractivity contribution in [1.29, 1.82) is 5.41 Å². The molecule has 2 N–H and O–H groups in total. The van der Waals surface area contributed by atoms with E-state index < -0.39 is 5.97 Å². The zero-order valence-corrected chi connectivity index (χ0v) is 17.7. The van der Waals surface area contributed by atoms with Crippen molar-refractivity contribution in [2.75, 3.05) is 18.6 Å². The monoisotopic (exact) mass is 419 g/mol. The number of carbonyl (C=O) groups is 1. The van der Waals surface area contributed by atoms with Gasteiger partial charge < -0.3 is 14.7 Å². The molecular formula is C23H21N3O3S. The first-order valence-electron chi connectivity index (χ1n) is 9.41. The Balaban J connectivity index is 1.62. The largest absolute Gasteiger partial charge is 0.510 e. The van der Waals surface area contributed by atoms with E-state index in [1.807, 2.05) is 38.1 Å². The molecule has 0 atom stereocenters. The van der Waals surface area contributed by atoms with Gasteiger partial charge in [-0.3, -0.25) is 5.41 Å². The van der Waals surface area contributed by atoms with Crippen LogP contribution in [0.3, 0.4) is 0 Å². The highest BCUT2D eigenvalue weighted by molar-refractivity contribution is 7.13. The predicted octanol–water partition coefficient (Wildman–Crippen LogP) is 4.98. The Hall–Kier alpha value is -3.45. The van der Waals surface area contributed by atoms with Gasteiger partial charge in [0.2, 0.25) is 0 Å². The van der Waals surface area contributed by atoms with Gasteiger partial charge in [0.15, 0.2) is 0 Å². The zero-order valence-electron chi connectivity index (χ0n) is 16.9. The number of ether oxygens (including phenoxy) is 1. The number of methoxy groups -OCH3 is 1. The summed E-state index contributed by atoms with van der Waals surface area (Å²) >= 11 is 1.47. The van der Waals surface area contributed by atoms with Gasteiger partial charge in [-0.2, -0.15) is 0 Å². The van der Waals surface area contributed by atoms with Crippen LogP contribution < -0.4 is 4.90 Å². The Labute approximate surface area is 178 Å². The summed E-state index contributed by atoms with van der Waals surface area (Å²) in [6, 6.07) is 14.9. The van der Waals surface area contributed by atoms with E-state index in [4.69, 9.17) is 15.1 Å². The van der Waals surface area contributed by atoms with Gasteiger partial charge in [0.05, 0.1) is 30.5 Å². The summed E-state index contributed by atoms with van der Waals surface area (Å²) in [4.78, 5) is 19.1. The summed E-state index contributed by atoms with van der Waals surface area (Å²) in [7, 11) is 1.33. The number of nitrogens with one attached hydrogen (secondary N) is 1. The molecule has 0 amide bonds. The number of aliphatic hydroxyl groups excluding tert-OH is 1. The van der Waals surface area contributed by atoms with Gasteiger partial charge in [0.1, 0.15) is 16.6 Å². The van der Waals surface area contributed by atoms with Gasteiger partial charge in [0, 0.05) is 16.1 Å². The molecule has 2 heterocycles. The number of rotatable bonds is 4. The van der Waals surface area contributed by atoms with E-state index in [9.17, 15) is 9.90 Å². The number of hydrogen-bond donors (Lipinski definition) is 2. The van der Waals surface area contributed by atoms with Crippen LogP contribution >= 0.6 is 11.3 Å². The number of esters is 1. The number of aryl methyl sites for hydroxylation is 2. The van der Waals surface area contributed by atoms with E-state index in [0.29, 0.717) is 21.8 Å². The molecule has 1 aromatic heterocycles. The van der Waals surface area contributed by atoms with Crippen LogP contribution in [0.4, 0.5) is 5.69 Å². The molecule has 30 heavy (non-hydrogen) atoms. The molecule has 0 spiro atoms. The third-order valence-corrected chi connectivity index (χ3v) is 6.03. The van der Waals surface area contributed by atoms with Crippen LogP contribution in [-0.4, -0.2) is 35.5 Å². The van der Waals surface area contributed by atoms with E-state index in [1.54, 1.807) is 29.2 Å². The summed E-state index contributed by atoms with van der Waals surface area (Å²) in [5, 5.41) is 19.9. The molecule has 7 heteroatoms. The zero-order chi connectivity index (χ0) is 21.4. The summed E-state index contributed by atoms with van der Waals surface area (Å²) < 4.78 is 4.72. The molecule has 1 aliphatic heterocycles. The number of aromatic nitrogens is 1. The second kappa shape index (κ2) is 7.76. The number of amidine groups is 1. The maximum atomic E-state index is 11.6. The third kappa shape index (κ3) is 3.48. The Morgan fingerprint density at radius 1 is 1.13 bits per heavy atom. The highest BCUT2D eigenvalue weighted by atomic mass is 32.1. The summed E-state index contributed by atoms with van der Waals surface area (Å²) in [6.45, 7) is 4.22. The Kier molecular flexibility index (Phi) is 5.13. The highest BCUT2D eigenvalue weighted by Gasteiger charge is 2.32. The van der Waals surface area contributed by atoms with Gasteiger partial charge in [-0.1, -0.05) is 29.8 Å². The van der Waals surface area contributed by atoms with Crippen molar-refractivity contribution in [3.8, 4) is 11.3 Å². The Bertz CT molecular complexity index is 1160. The smallest absolute Gasteiger partial charge is 0.337 e. The predicted molar refractivity (Wildman–Crippen MR) is 119 cm³/mol. The topological polar surface area (TPSA) is 86.5 Å². The molecule has 6 nitrogen and oxygen atoms in total. The molecule has 2 aromatic carbocycles. The van der Waals surface area contributed by atoms with Gasteiger partial charge in [-0.05, 0) is 38.1 Å². The minimum Gasteiger partial charge on any atom is -0.510 e. The molecular weight excluding hydrogens is 398 g/mol. The average molecular weight is 420 g/mol. The van der Waals surface area contributed by atoms with Crippen LogP contribution in [0.15, 0.2) is 54.3 Å². The fraction of sp³-hybridized carbons (Fsp3) is 0.174. The van der Waals surface area contributed by atoms with Gasteiger partial charge in [0.25, 0.3) is 0 Å². The minimum atomic E-state index is -0.415. The molecule has 4 rings (SSSR count). The van der Waals surface area contributed by atoms with Crippen molar-refractivity contribution < 1.29 is 14.6 Å². The van der Waals surface area contributed by atoms with Crippen LogP contribution in [0, 0.1) is 19.3 Å². The highest BCUT2D eigenvalue weighted by Crippen LogP contribution is 2.36. The average Bonchev–Trinajstić information content (AvgIpc) is 3.26. The molecule has 0 saturated heterocycles. The Morgan fingerprint density at radius 2 is 1.80 bits per heavy atom. The normalized spacial score (nSPS) is 13.8. The lowest BCUT2D eigenvalue weighted by Crippen LogP contribution is -2.26. The van der Waals surface area contributed by atoms with Crippen LogP contribution in [0.1, 0.15) is 25.8 Å². The first-order chi connectivity index (χ1) is 14.4. The second-order valence-corrected chi connectivity index (χ2v) is 8.29. The maximum Gasteiger partial charge on any atom is 0.337 e. The number of benzene rings is 2. The Morgan fingerprint density at radius 3 is 2.43 bits per heavy atom. The number of anilines is 1. The lowest BCUT2D eigenvalue weighted by Gasteiger charge is -2.18. The number of nitrogens with zero attached hydrogens (tertiary/aromatic N) is 2. The van der Waals surface area contributed by atoms with Crippen LogP contribution in [0.25, 0.3) is 16.8 Å². The van der Waals surface area contributed by atoms with E-state index in [1.165, 1.54) is 24.0 Å². The molecule has 0 radical (unpaired) electrons. The standard InChI is InChI=1S/C23H21N3O3S/c1-13-4-6-15(7-5-13)20-14(2)30-22(25-20)19-18(27)12-26(21(19)24)17-10-8-16(9-11-17)23(28)29-3/h4-11,24,27H,12H2,1-3H3. The van der Waals surface area contributed by atoms with E-state index in [2.05, 4.69) is 0 Å². The van der Waals surface area contributed by atoms with E-state index in [0.717, 1.165) is 16.1 Å². The van der Waals surface area contributed by atoms with Crippen molar-refractivity contribution in [2.24, 2.45) is 0 Å². The molecule has 152 valence electrons. The summed E-state index contributed by atoms with van der Waals surface area (Å²) in [5.41, 5.74) is 4.64. The van der Waals surface area contributed by atoms with Gasteiger partial charge in [-0.25, -0.2) is 9.78 Å². The first-order valence-corrected chi connectivity index (χ1v) is 10.2. The van der Waals surface area contributed by atoms with Gasteiger partial charge >= 0.3 is 5.97 Å². The number of carbonyl (C=O) groups excluding carboxylic acids is 1. The third-order valence-electron chi connectivity index (χ3n) is 5.04. The van der Waals surface area contributed by atoms with Crippen molar-refractivity contribution in [1.82, 2.24) is 4.98 Å². The van der Waals surface area contributed by atoms with E-state index in [-0.39, 0.29) is 18.1 Å². The number of aliphatic hydroxyl groups is 1. The molecule has 0 aliphatic carbocycles. The van der Waals surface area contributed by atoms with Crippen molar-refractivity contribution >= 4 is 34.4 Å². The maximum absolute atomic E-state index is 11.6. The molecule has 0 fully saturated rings. The van der Waals surface area contributed by atoms with Crippen molar-refractivity contribution in [2.45, 2.75) is 13.8 Å². The van der Waals surface area contributed by atoms with Crippen molar-refractivity contribution in [3.05, 3.63) is 75.3 Å². The molecule has 1 aliphatic rings. The summed E-state index contributed by atoms with van der Waals surface area (Å²) in [6.07, 6.45) is 0. The fourth-order valence-corrected chi connectivity index (χ4v) is 4.41. The molecule has 3 aromatic rings. The van der Waals surface area contributed by atoms with E-state index >= 15 is 0 Å². The van der Waals surface area contributed by atoms with Crippen LogP contribution in [-0.2, 0) is 4.74 Å². The van der Waals surface area contributed by atoms with Gasteiger partial charge in [-0.15, -0.1) is 11.3 Å². The molecule has 0 bridgehead atoms. The molecule has 0 saturated carbocycles. The minimum absolute atomic E-state index is 0.112. The first kappa shape index (κ1) is 19.8. The van der Waals surface area contributed by atoms with Crippen molar-refractivity contribution in [3.63, 3.8) is 0 Å². The molecule has 0 unspecified atom stereocenters. The lowest BCUT2D eigenvalue weighted by molar-refractivity contribution is 0.0600. The second-order valence-electron chi connectivity index (χ2n) is 7.08. The van der Waals surface area contributed by atoms with Crippen LogP contribution in [0.5, 0.6) is 0 Å².